The van der Waals surface area contributed by atoms with Gasteiger partial charge < -0.3 is 14.7 Å². The minimum absolute atomic E-state index is 0.0127. The van der Waals surface area contributed by atoms with Crippen LogP contribution in [-0.4, -0.2) is 46.9 Å². The first-order chi connectivity index (χ1) is 11.6. The van der Waals surface area contributed by atoms with Crippen LogP contribution in [0.5, 0.6) is 5.75 Å². The maximum Gasteiger partial charge on any atom is 0.260 e. The van der Waals surface area contributed by atoms with Crippen LogP contribution in [0.15, 0.2) is 48.0 Å². The maximum atomic E-state index is 12.5. The van der Waals surface area contributed by atoms with Crippen molar-refractivity contribution >= 4 is 20.9 Å². The van der Waals surface area contributed by atoms with Crippen molar-refractivity contribution in [3.05, 3.63) is 43.0 Å². The molecule has 4 rings (SSSR count). The second-order valence-corrected chi connectivity index (χ2v) is 7.74. The normalized spacial score (nSPS) is 17.3. The Balaban J connectivity index is 1.44. The predicted octanol–water partition coefficient (Wildman–Crippen LogP) is 2.12. The highest BCUT2D eigenvalue weighted by molar-refractivity contribution is 7.89. The first-order valence-electron chi connectivity index (χ1n) is 7.86. The van der Waals surface area contributed by atoms with Crippen LogP contribution in [0, 0.1) is 0 Å². The standard InChI is InChI=1S/C16H18N4O3S/c21-24(22,16-10-17-11-19-16)20-8-5-12(6-9-20)23-15-3-1-2-14-13(15)4-7-18-14/h1-4,7,10-12,18H,5-6,8-9H2,(H,17,19). The van der Waals surface area contributed by atoms with Crippen molar-refractivity contribution in [2.45, 2.75) is 24.0 Å². The second kappa shape index (κ2) is 5.95. The van der Waals surface area contributed by atoms with Crippen molar-refractivity contribution in [2.75, 3.05) is 13.1 Å². The molecule has 3 aromatic rings. The average Bonchev–Trinajstić information content (AvgIpc) is 3.28. The van der Waals surface area contributed by atoms with Crippen molar-refractivity contribution < 1.29 is 13.2 Å². The smallest absolute Gasteiger partial charge is 0.260 e. The average molecular weight is 346 g/mol. The Hall–Kier alpha value is -2.32. The van der Waals surface area contributed by atoms with Gasteiger partial charge in [0.1, 0.15) is 11.9 Å². The van der Waals surface area contributed by atoms with Crippen LogP contribution in [0.25, 0.3) is 10.9 Å². The lowest BCUT2D eigenvalue weighted by molar-refractivity contribution is 0.136. The maximum absolute atomic E-state index is 12.5. The number of nitrogens with zero attached hydrogens (tertiary/aromatic N) is 2. The first-order valence-corrected chi connectivity index (χ1v) is 9.30. The largest absolute Gasteiger partial charge is 0.490 e. The summed E-state index contributed by atoms with van der Waals surface area (Å²) in [5.41, 5.74) is 1.03. The number of benzene rings is 1. The summed E-state index contributed by atoms with van der Waals surface area (Å²) in [6.45, 7) is 0.879. The monoisotopic (exact) mass is 346 g/mol. The highest BCUT2D eigenvalue weighted by Crippen LogP contribution is 2.28. The Kier molecular flexibility index (Phi) is 3.78. The van der Waals surface area contributed by atoms with Gasteiger partial charge in [-0.1, -0.05) is 6.07 Å². The van der Waals surface area contributed by atoms with Crippen LogP contribution in [0.4, 0.5) is 0 Å². The van der Waals surface area contributed by atoms with E-state index in [0.29, 0.717) is 25.9 Å². The van der Waals surface area contributed by atoms with Crippen LogP contribution in [0.3, 0.4) is 0 Å². The Labute approximate surface area is 139 Å². The molecule has 2 aromatic heterocycles. The fourth-order valence-electron chi connectivity index (χ4n) is 3.05. The predicted molar refractivity (Wildman–Crippen MR) is 89.3 cm³/mol. The van der Waals surface area contributed by atoms with Gasteiger partial charge in [-0.15, -0.1) is 0 Å². The number of hydrogen-bond donors (Lipinski definition) is 2. The minimum Gasteiger partial charge on any atom is -0.490 e. The summed E-state index contributed by atoms with van der Waals surface area (Å²) in [4.78, 5) is 9.62. The van der Waals surface area contributed by atoms with Gasteiger partial charge in [0.05, 0.1) is 12.5 Å². The molecule has 1 fully saturated rings. The Morgan fingerprint density at radius 2 is 2.00 bits per heavy atom. The number of nitrogens with one attached hydrogen (secondary N) is 2. The molecule has 1 aliphatic rings. The van der Waals surface area contributed by atoms with E-state index < -0.39 is 10.0 Å². The van der Waals surface area contributed by atoms with Gasteiger partial charge in [-0.3, -0.25) is 0 Å². The molecule has 0 bridgehead atoms. The van der Waals surface area contributed by atoms with Gasteiger partial charge in [0, 0.05) is 30.2 Å². The molecule has 1 aliphatic heterocycles. The fourth-order valence-corrected chi connectivity index (χ4v) is 4.42. The van der Waals surface area contributed by atoms with Gasteiger partial charge in [-0.05, 0) is 31.0 Å². The van der Waals surface area contributed by atoms with Crippen molar-refractivity contribution in [3.8, 4) is 5.75 Å². The molecule has 7 nitrogen and oxygen atoms in total. The SMILES string of the molecule is O=S(=O)(c1cnc[nH]1)N1CCC(Oc2cccc3[nH]ccc23)CC1. The van der Waals surface area contributed by atoms with Crippen LogP contribution < -0.4 is 4.74 Å². The van der Waals surface area contributed by atoms with E-state index in [1.54, 1.807) is 0 Å². The third kappa shape index (κ3) is 2.67. The number of rotatable bonds is 4. The third-order valence-corrected chi connectivity index (χ3v) is 6.16. The number of H-pyrrole nitrogens is 2. The summed E-state index contributed by atoms with van der Waals surface area (Å²) < 4.78 is 32.5. The molecular weight excluding hydrogens is 328 g/mol. The van der Waals surface area contributed by atoms with E-state index in [1.165, 1.54) is 16.8 Å². The molecule has 0 radical (unpaired) electrons. The lowest BCUT2D eigenvalue weighted by Gasteiger charge is -2.31. The number of imidazole rings is 1. The summed E-state index contributed by atoms with van der Waals surface area (Å²) in [6.07, 6.45) is 5.93. The number of piperidine rings is 1. The Morgan fingerprint density at radius 3 is 2.75 bits per heavy atom. The zero-order chi connectivity index (χ0) is 16.6. The summed E-state index contributed by atoms with van der Waals surface area (Å²) in [6, 6.07) is 7.89. The number of aromatic amines is 2. The van der Waals surface area contributed by atoms with E-state index in [0.717, 1.165) is 16.7 Å². The number of ether oxygens (including phenoxy) is 1. The molecule has 0 aliphatic carbocycles. The fraction of sp³-hybridized carbons (Fsp3) is 0.312. The van der Waals surface area contributed by atoms with Gasteiger partial charge in [0.15, 0.2) is 5.03 Å². The molecule has 126 valence electrons. The molecular formula is C16H18N4O3S. The molecule has 2 N–H and O–H groups in total. The second-order valence-electron chi connectivity index (χ2n) is 5.83. The van der Waals surface area contributed by atoms with Crippen molar-refractivity contribution in [2.24, 2.45) is 0 Å². The lowest BCUT2D eigenvalue weighted by atomic mass is 10.1. The van der Waals surface area contributed by atoms with E-state index in [4.69, 9.17) is 4.74 Å². The highest BCUT2D eigenvalue weighted by Gasteiger charge is 2.31. The van der Waals surface area contributed by atoms with Crippen LogP contribution >= 0.6 is 0 Å². The highest BCUT2D eigenvalue weighted by atomic mass is 32.2. The van der Waals surface area contributed by atoms with Crippen LogP contribution in [0.1, 0.15) is 12.8 Å². The Morgan fingerprint density at radius 1 is 1.17 bits per heavy atom. The van der Waals surface area contributed by atoms with Gasteiger partial charge in [0.25, 0.3) is 10.0 Å². The van der Waals surface area contributed by atoms with E-state index in [-0.39, 0.29) is 11.1 Å². The number of sulfonamides is 1. The third-order valence-electron chi connectivity index (χ3n) is 4.34. The van der Waals surface area contributed by atoms with E-state index >= 15 is 0 Å². The lowest BCUT2D eigenvalue weighted by Crippen LogP contribution is -2.41. The number of fused-ring (bicyclic) bond motifs is 1. The van der Waals surface area contributed by atoms with E-state index in [1.807, 2.05) is 30.5 Å². The van der Waals surface area contributed by atoms with Gasteiger partial charge in [-0.25, -0.2) is 13.4 Å². The molecule has 0 saturated carbocycles. The van der Waals surface area contributed by atoms with E-state index in [9.17, 15) is 8.42 Å². The summed E-state index contributed by atoms with van der Waals surface area (Å²) in [5.74, 6) is 0.837. The topological polar surface area (TPSA) is 91.1 Å². The zero-order valence-electron chi connectivity index (χ0n) is 13.0. The summed E-state index contributed by atoms with van der Waals surface area (Å²) in [7, 11) is -3.49. The van der Waals surface area contributed by atoms with Gasteiger partial charge in [-0.2, -0.15) is 4.31 Å². The van der Waals surface area contributed by atoms with Crippen molar-refractivity contribution in [1.82, 2.24) is 19.3 Å². The first kappa shape index (κ1) is 15.2. The molecule has 1 aromatic carbocycles. The molecule has 0 spiro atoms. The molecule has 8 heteroatoms. The molecule has 0 unspecified atom stereocenters. The molecule has 1 saturated heterocycles. The number of hydrogen-bond acceptors (Lipinski definition) is 4. The minimum atomic E-state index is -3.49. The number of aromatic nitrogens is 3. The van der Waals surface area contributed by atoms with Crippen molar-refractivity contribution in [3.63, 3.8) is 0 Å². The van der Waals surface area contributed by atoms with Crippen molar-refractivity contribution in [1.29, 1.82) is 0 Å². The zero-order valence-corrected chi connectivity index (χ0v) is 13.8. The summed E-state index contributed by atoms with van der Waals surface area (Å²) >= 11 is 0. The molecule has 3 heterocycles. The molecule has 0 atom stereocenters. The molecule has 0 amide bonds. The van der Waals surface area contributed by atoms with Crippen LogP contribution in [0.2, 0.25) is 0 Å². The Bertz CT molecular complexity index is 925. The van der Waals surface area contributed by atoms with Gasteiger partial charge in [0.2, 0.25) is 0 Å². The molecule has 24 heavy (non-hydrogen) atoms. The van der Waals surface area contributed by atoms with E-state index in [2.05, 4.69) is 15.0 Å². The quantitative estimate of drug-likeness (QED) is 0.757. The van der Waals surface area contributed by atoms with Crippen LogP contribution in [-0.2, 0) is 10.0 Å². The summed E-state index contributed by atoms with van der Waals surface area (Å²) in [5, 5.41) is 1.18. The van der Waals surface area contributed by atoms with Gasteiger partial charge >= 0.3 is 0 Å².